The summed E-state index contributed by atoms with van der Waals surface area (Å²) in [5.74, 6) is 1.18. The van der Waals surface area contributed by atoms with Crippen molar-refractivity contribution in [3.8, 4) is 5.75 Å². The molecule has 0 aliphatic carbocycles. The molecule has 2 atom stereocenters. The van der Waals surface area contributed by atoms with Crippen molar-refractivity contribution >= 4 is 42.4 Å². The summed E-state index contributed by atoms with van der Waals surface area (Å²) in [5.41, 5.74) is 3.23. The maximum absolute atomic E-state index is 11.4. The Bertz CT molecular complexity index is 1100. The average molecular weight is 493 g/mol. The van der Waals surface area contributed by atoms with E-state index in [1.165, 1.54) is 0 Å². The van der Waals surface area contributed by atoms with Crippen LogP contribution in [0.1, 0.15) is 37.1 Å². The predicted molar refractivity (Wildman–Crippen MR) is 122 cm³/mol. The molecule has 9 heteroatoms. The third-order valence-corrected chi connectivity index (χ3v) is 7.76. The fraction of sp³-hybridized carbons (Fsp3) is 0.381. The number of H-pyrrole nitrogens is 1. The summed E-state index contributed by atoms with van der Waals surface area (Å²) in [7, 11) is -3.33. The molecule has 0 saturated heterocycles. The van der Waals surface area contributed by atoms with Crippen LogP contribution in [0.3, 0.4) is 0 Å². The van der Waals surface area contributed by atoms with Crippen molar-refractivity contribution < 1.29 is 18.3 Å². The van der Waals surface area contributed by atoms with Crippen LogP contribution in [0.25, 0.3) is 10.9 Å². The second-order valence-electron chi connectivity index (χ2n) is 7.54. The zero-order chi connectivity index (χ0) is 21.7. The molecule has 3 aromatic rings. The minimum atomic E-state index is -3.33. The topological polar surface area (TPSA) is 104 Å². The number of nitrogens with zero attached hydrogens (tertiary/aromatic N) is 1. The van der Waals surface area contributed by atoms with Gasteiger partial charge >= 0.3 is 184 Å². The van der Waals surface area contributed by atoms with Gasteiger partial charge in [0.1, 0.15) is 0 Å². The Balaban J connectivity index is 1.46. The molecule has 0 aliphatic rings. The molecule has 7 nitrogen and oxygen atoms in total. The fourth-order valence-corrected chi connectivity index (χ4v) is 5.74. The van der Waals surface area contributed by atoms with Gasteiger partial charge in [-0.15, -0.1) is 0 Å². The number of fused-ring (bicyclic) bond motifs is 1. The second kappa shape index (κ2) is 9.86. The minimum absolute atomic E-state index is 0.366. The molecule has 2 aromatic carbocycles. The average Bonchev–Trinajstić information content (AvgIpc) is 3.10. The van der Waals surface area contributed by atoms with E-state index in [1.54, 1.807) is 18.2 Å². The number of aromatic nitrogens is 2. The number of aliphatic hydroxyl groups is 1. The first-order valence-corrected chi connectivity index (χ1v) is 14.7. The molecule has 30 heavy (non-hydrogen) atoms. The molecule has 162 valence electrons. The summed E-state index contributed by atoms with van der Waals surface area (Å²) in [6.45, 7) is 4.85. The summed E-state index contributed by atoms with van der Waals surface area (Å²) < 4.78 is 31.0. The van der Waals surface area contributed by atoms with Gasteiger partial charge in [-0.25, -0.2) is 0 Å². The molecule has 0 saturated carbocycles. The maximum atomic E-state index is 11.4. The first-order chi connectivity index (χ1) is 14.2. The number of anilines is 1. The molecule has 0 radical (unpaired) electrons. The molecule has 0 bridgehead atoms. The Kier molecular flexibility index (Phi) is 7.44. The van der Waals surface area contributed by atoms with Crippen LogP contribution in [-0.4, -0.2) is 52.3 Å². The van der Waals surface area contributed by atoms with Crippen LogP contribution >= 0.6 is 0 Å². The van der Waals surface area contributed by atoms with Crippen LogP contribution in [0, 0.1) is 0 Å². The van der Waals surface area contributed by atoms with Gasteiger partial charge < -0.3 is 0 Å². The van der Waals surface area contributed by atoms with E-state index in [9.17, 15) is 13.5 Å². The number of aromatic amines is 1. The monoisotopic (exact) mass is 493 g/mol. The Morgan fingerprint density at radius 2 is 2.03 bits per heavy atom. The van der Waals surface area contributed by atoms with E-state index in [0.717, 1.165) is 39.4 Å². The van der Waals surface area contributed by atoms with Crippen molar-refractivity contribution in [1.82, 2.24) is 10.2 Å². The molecule has 1 unspecified atom stereocenters. The van der Waals surface area contributed by atoms with Gasteiger partial charge in [0.2, 0.25) is 0 Å². The van der Waals surface area contributed by atoms with Crippen molar-refractivity contribution in [2.24, 2.45) is 0 Å². The number of nitrogens with one attached hydrogen (secondary N) is 2. The summed E-state index contributed by atoms with van der Waals surface area (Å²) in [6.07, 6.45) is 0.512. The second-order valence-corrected chi connectivity index (χ2v) is 12.2. The molecule has 1 heterocycles. The Hall–Kier alpha value is -2.02. The first-order valence-electron chi connectivity index (χ1n) is 9.80. The first kappa shape index (κ1) is 22.7. The van der Waals surface area contributed by atoms with Crippen molar-refractivity contribution in [2.75, 3.05) is 17.6 Å². The third-order valence-electron chi connectivity index (χ3n) is 4.57. The van der Waals surface area contributed by atoms with Crippen LogP contribution < -0.4 is 9.46 Å². The van der Waals surface area contributed by atoms with Gasteiger partial charge in [0, 0.05) is 0 Å². The number of benzene rings is 2. The van der Waals surface area contributed by atoms with Gasteiger partial charge in [0.05, 0.1) is 0 Å². The third kappa shape index (κ3) is 6.24. The molecule has 3 rings (SSSR count). The predicted octanol–water partition coefficient (Wildman–Crippen LogP) is 3.44. The van der Waals surface area contributed by atoms with Gasteiger partial charge in [-0.2, -0.15) is 0 Å². The summed E-state index contributed by atoms with van der Waals surface area (Å²) in [4.78, 5) is 0. The van der Waals surface area contributed by atoms with Crippen molar-refractivity contribution in [2.45, 2.75) is 36.3 Å². The van der Waals surface area contributed by atoms with Crippen molar-refractivity contribution in [3.63, 3.8) is 0 Å². The SMILES string of the molecule is CC(C)c1n[nH]c2cc(OCC[AsH]C[C@H](O)c3cccc(NS(C)(=O)=O)c3)ccc12. The fourth-order valence-electron chi connectivity index (χ4n) is 3.17. The molecule has 3 N–H and O–H groups in total. The van der Waals surface area contributed by atoms with Crippen LogP contribution in [0.2, 0.25) is 10.4 Å². The molecule has 0 fully saturated rings. The Labute approximate surface area is 184 Å². The zero-order valence-electron chi connectivity index (χ0n) is 17.3. The number of hydrogen-bond acceptors (Lipinski definition) is 5. The van der Waals surface area contributed by atoms with E-state index >= 15 is 0 Å². The van der Waals surface area contributed by atoms with E-state index < -0.39 is 31.9 Å². The number of aliphatic hydroxyl groups excluding tert-OH is 1. The molecular formula is C21H28AsN3O4S. The van der Waals surface area contributed by atoms with Gasteiger partial charge in [0.25, 0.3) is 0 Å². The Morgan fingerprint density at radius 1 is 1.23 bits per heavy atom. The van der Waals surface area contributed by atoms with Gasteiger partial charge in [-0.05, 0) is 0 Å². The Morgan fingerprint density at radius 3 is 2.77 bits per heavy atom. The van der Waals surface area contributed by atoms with Crippen molar-refractivity contribution in [3.05, 3.63) is 53.7 Å². The van der Waals surface area contributed by atoms with E-state index in [0.29, 0.717) is 23.4 Å². The van der Waals surface area contributed by atoms with E-state index in [1.807, 2.05) is 24.3 Å². The van der Waals surface area contributed by atoms with E-state index in [-0.39, 0.29) is 0 Å². The van der Waals surface area contributed by atoms with Gasteiger partial charge in [0.15, 0.2) is 0 Å². The van der Waals surface area contributed by atoms with Crippen LogP contribution in [0.5, 0.6) is 5.75 Å². The van der Waals surface area contributed by atoms with E-state index in [4.69, 9.17) is 4.74 Å². The normalized spacial score (nSPS) is 13.4. The zero-order valence-corrected chi connectivity index (χ0v) is 20.3. The van der Waals surface area contributed by atoms with Crippen LogP contribution in [0.15, 0.2) is 42.5 Å². The summed E-state index contributed by atoms with van der Waals surface area (Å²) in [6, 6.07) is 12.9. The van der Waals surface area contributed by atoms with Crippen molar-refractivity contribution in [1.29, 1.82) is 0 Å². The molecule has 0 amide bonds. The molecule has 1 aromatic heterocycles. The number of rotatable bonds is 10. The molecular weight excluding hydrogens is 465 g/mol. The van der Waals surface area contributed by atoms with Crippen LogP contribution in [-0.2, 0) is 10.0 Å². The number of hydrogen-bond donors (Lipinski definition) is 3. The van der Waals surface area contributed by atoms with Gasteiger partial charge in [-0.3, -0.25) is 0 Å². The molecule has 0 spiro atoms. The standard InChI is InChI=1S/C21H28AsN3O4S/c1-14(2)21-18-8-7-17(12-19(18)23-24-21)29-10-9-22-13-20(26)15-5-4-6-16(11-15)25-30(3,27)28/h4-8,11-12,14,20,22,25-26H,9-10,13H2,1-3H3,(H,23,24)/t20-/m0/s1. The van der Waals surface area contributed by atoms with Crippen LogP contribution in [0.4, 0.5) is 5.69 Å². The molecule has 0 aliphatic heterocycles. The van der Waals surface area contributed by atoms with E-state index in [2.05, 4.69) is 28.8 Å². The number of ether oxygens (including phenoxy) is 1. The summed E-state index contributed by atoms with van der Waals surface area (Å²) >= 11 is -0.392. The summed E-state index contributed by atoms with van der Waals surface area (Å²) in [5, 5.41) is 20.6. The van der Waals surface area contributed by atoms with Gasteiger partial charge in [-0.1, -0.05) is 0 Å². The number of sulfonamides is 1. The quantitative estimate of drug-likeness (QED) is 0.297.